The number of nitrogens with zero attached hydrogens (tertiary/aromatic N) is 1. The molecule has 0 saturated carbocycles. The first-order valence-electron chi connectivity index (χ1n) is 9.27. The number of ether oxygens (including phenoxy) is 2. The van der Waals surface area contributed by atoms with Crippen LogP contribution in [0.3, 0.4) is 0 Å². The SMILES string of the molecule is OC[C@@H]1[C@@H](O)[C@H](O)[C@@H](O)CN1CCc1ccc(OCC2CCOC2)cc1. The minimum absolute atomic E-state index is 0.230. The third-order valence-corrected chi connectivity index (χ3v) is 5.34. The van der Waals surface area contributed by atoms with Crippen LogP contribution < -0.4 is 4.74 Å². The lowest BCUT2D eigenvalue weighted by molar-refractivity contribution is -0.144. The third kappa shape index (κ3) is 4.73. The fourth-order valence-corrected chi connectivity index (χ4v) is 3.59. The number of likely N-dealkylation sites (tertiary alicyclic amines) is 1. The first-order valence-corrected chi connectivity index (χ1v) is 9.27. The highest BCUT2D eigenvalue weighted by atomic mass is 16.5. The molecule has 1 aromatic carbocycles. The topological polar surface area (TPSA) is 103 Å². The Kier molecular flexibility index (Phi) is 6.86. The number of piperidine rings is 1. The van der Waals surface area contributed by atoms with Crippen LogP contribution in [0, 0.1) is 5.92 Å². The van der Waals surface area contributed by atoms with E-state index in [1.54, 1.807) is 0 Å². The molecule has 1 aromatic rings. The molecule has 0 bridgehead atoms. The van der Waals surface area contributed by atoms with E-state index in [1.807, 2.05) is 29.2 Å². The molecule has 3 rings (SSSR count). The fraction of sp³-hybridized carbons (Fsp3) is 0.684. The molecule has 1 unspecified atom stereocenters. The maximum absolute atomic E-state index is 10.0. The molecule has 7 nitrogen and oxygen atoms in total. The largest absolute Gasteiger partial charge is 0.493 e. The van der Waals surface area contributed by atoms with E-state index >= 15 is 0 Å². The van der Waals surface area contributed by atoms with Crippen molar-refractivity contribution < 1.29 is 29.9 Å². The molecule has 2 aliphatic heterocycles. The summed E-state index contributed by atoms with van der Waals surface area (Å²) in [4.78, 5) is 1.83. The van der Waals surface area contributed by atoms with Gasteiger partial charge < -0.3 is 29.9 Å². The van der Waals surface area contributed by atoms with Gasteiger partial charge in [0.2, 0.25) is 0 Å². The smallest absolute Gasteiger partial charge is 0.119 e. The summed E-state index contributed by atoms with van der Waals surface area (Å²) in [6.45, 7) is 2.80. The van der Waals surface area contributed by atoms with E-state index < -0.39 is 24.4 Å². The van der Waals surface area contributed by atoms with Crippen LogP contribution in [0.5, 0.6) is 5.75 Å². The lowest BCUT2D eigenvalue weighted by atomic mass is 9.94. The molecule has 2 saturated heterocycles. The van der Waals surface area contributed by atoms with Gasteiger partial charge in [0.15, 0.2) is 0 Å². The van der Waals surface area contributed by atoms with Crippen LogP contribution in [0.15, 0.2) is 24.3 Å². The summed E-state index contributed by atoms with van der Waals surface area (Å²) in [5.41, 5.74) is 1.10. The van der Waals surface area contributed by atoms with Crippen LogP contribution in [-0.2, 0) is 11.2 Å². The van der Waals surface area contributed by atoms with E-state index in [2.05, 4.69) is 0 Å². The van der Waals surface area contributed by atoms with Crippen molar-refractivity contribution in [3.05, 3.63) is 29.8 Å². The van der Waals surface area contributed by atoms with Crippen molar-refractivity contribution in [2.45, 2.75) is 37.2 Å². The van der Waals surface area contributed by atoms with E-state index in [9.17, 15) is 20.4 Å². The predicted octanol–water partition coefficient (Wildman–Crippen LogP) is -0.596. The highest BCUT2D eigenvalue weighted by molar-refractivity contribution is 5.27. The van der Waals surface area contributed by atoms with E-state index in [0.717, 1.165) is 30.9 Å². The Morgan fingerprint density at radius 2 is 1.88 bits per heavy atom. The highest BCUT2D eigenvalue weighted by Crippen LogP contribution is 2.21. The minimum Gasteiger partial charge on any atom is -0.493 e. The molecule has 146 valence electrons. The number of aliphatic hydroxyl groups excluding tert-OH is 4. The van der Waals surface area contributed by atoms with Gasteiger partial charge in [-0.05, 0) is 30.5 Å². The lowest BCUT2D eigenvalue weighted by Crippen LogP contribution is -2.62. The quantitative estimate of drug-likeness (QED) is 0.511. The van der Waals surface area contributed by atoms with Crippen LogP contribution in [-0.4, -0.2) is 89.2 Å². The van der Waals surface area contributed by atoms with Crippen molar-refractivity contribution in [1.82, 2.24) is 4.90 Å². The number of rotatable bonds is 7. The summed E-state index contributed by atoms with van der Waals surface area (Å²) in [6, 6.07) is 7.32. The van der Waals surface area contributed by atoms with Crippen LogP contribution in [0.2, 0.25) is 0 Å². The van der Waals surface area contributed by atoms with Gasteiger partial charge in [-0.25, -0.2) is 0 Å². The molecule has 2 aliphatic rings. The van der Waals surface area contributed by atoms with Crippen LogP contribution in [0.25, 0.3) is 0 Å². The monoisotopic (exact) mass is 367 g/mol. The Bertz CT molecular complexity index is 547. The zero-order chi connectivity index (χ0) is 18.5. The van der Waals surface area contributed by atoms with Crippen molar-refractivity contribution in [3.8, 4) is 5.75 Å². The second-order valence-electron chi connectivity index (χ2n) is 7.23. The molecular weight excluding hydrogens is 338 g/mol. The molecule has 0 amide bonds. The van der Waals surface area contributed by atoms with E-state index in [4.69, 9.17) is 9.47 Å². The van der Waals surface area contributed by atoms with E-state index in [0.29, 0.717) is 25.5 Å². The van der Waals surface area contributed by atoms with Gasteiger partial charge in [0, 0.05) is 25.6 Å². The second-order valence-corrected chi connectivity index (χ2v) is 7.23. The number of benzene rings is 1. The van der Waals surface area contributed by atoms with Gasteiger partial charge >= 0.3 is 0 Å². The maximum atomic E-state index is 10.0. The van der Waals surface area contributed by atoms with Gasteiger partial charge in [0.05, 0.1) is 32.0 Å². The second kappa shape index (κ2) is 9.12. The van der Waals surface area contributed by atoms with Gasteiger partial charge in [0.25, 0.3) is 0 Å². The molecule has 0 radical (unpaired) electrons. The van der Waals surface area contributed by atoms with Crippen molar-refractivity contribution in [2.24, 2.45) is 5.92 Å². The van der Waals surface area contributed by atoms with Gasteiger partial charge in [-0.2, -0.15) is 0 Å². The van der Waals surface area contributed by atoms with Crippen LogP contribution in [0.4, 0.5) is 0 Å². The maximum Gasteiger partial charge on any atom is 0.119 e. The average Bonchev–Trinajstić information content (AvgIpc) is 3.17. The molecule has 0 aromatic heterocycles. The normalized spacial score (nSPS) is 32.7. The molecule has 26 heavy (non-hydrogen) atoms. The molecule has 0 spiro atoms. The first-order chi connectivity index (χ1) is 12.6. The molecule has 2 heterocycles. The Balaban J connectivity index is 1.49. The zero-order valence-electron chi connectivity index (χ0n) is 14.9. The predicted molar refractivity (Wildman–Crippen MR) is 95.0 cm³/mol. The lowest BCUT2D eigenvalue weighted by Gasteiger charge is -2.43. The van der Waals surface area contributed by atoms with Crippen molar-refractivity contribution >= 4 is 0 Å². The Hall–Kier alpha value is -1.22. The van der Waals surface area contributed by atoms with Gasteiger partial charge in [-0.1, -0.05) is 12.1 Å². The summed E-state index contributed by atoms with van der Waals surface area (Å²) in [6.07, 6.45) is -1.62. The summed E-state index contributed by atoms with van der Waals surface area (Å²) < 4.78 is 11.1. The zero-order valence-corrected chi connectivity index (χ0v) is 14.9. The molecule has 4 N–H and O–H groups in total. The van der Waals surface area contributed by atoms with Crippen LogP contribution >= 0.6 is 0 Å². The average molecular weight is 367 g/mol. The van der Waals surface area contributed by atoms with E-state index in [1.165, 1.54) is 0 Å². The summed E-state index contributed by atoms with van der Waals surface area (Å²) in [5.74, 6) is 1.30. The molecule has 2 fully saturated rings. The van der Waals surface area contributed by atoms with Gasteiger partial charge in [-0.3, -0.25) is 4.90 Å². The van der Waals surface area contributed by atoms with Crippen molar-refractivity contribution in [3.63, 3.8) is 0 Å². The molecule has 5 atom stereocenters. The standard InChI is InChI=1S/C19H29NO6/c21-10-16-18(23)19(24)17(22)9-20(16)7-5-13-1-3-15(4-2-13)26-12-14-6-8-25-11-14/h1-4,14,16-19,21-24H,5-12H2/t14?,16-,17+,18-,19-/m1/s1. The van der Waals surface area contributed by atoms with E-state index in [-0.39, 0.29) is 13.2 Å². The number of aliphatic hydroxyl groups is 4. The Morgan fingerprint density at radius 3 is 2.54 bits per heavy atom. The van der Waals surface area contributed by atoms with Crippen molar-refractivity contribution in [1.29, 1.82) is 0 Å². The number of β-amino-alcohol motifs (C(OH)–C–C–N with tert-alkyl or cyclic N) is 1. The molecule has 0 aliphatic carbocycles. The molecular formula is C19H29NO6. The number of hydrogen-bond acceptors (Lipinski definition) is 7. The summed E-state index contributed by atoms with van der Waals surface area (Å²) in [5, 5.41) is 39.1. The number of hydrogen-bond donors (Lipinski definition) is 4. The van der Waals surface area contributed by atoms with Gasteiger partial charge in [-0.15, -0.1) is 0 Å². The van der Waals surface area contributed by atoms with Crippen molar-refractivity contribution in [2.75, 3.05) is 39.5 Å². The molecule has 7 heteroatoms. The minimum atomic E-state index is -1.22. The highest BCUT2D eigenvalue weighted by Gasteiger charge is 2.40. The Morgan fingerprint density at radius 1 is 1.12 bits per heavy atom. The fourth-order valence-electron chi connectivity index (χ4n) is 3.59. The summed E-state index contributed by atoms with van der Waals surface area (Å²) >= 11 is 0. The van der Waals surface area contributed by atoms with Crippen LogP contribution in [0.1, 0.15) is 12.0 Å². The Labute approximate surface area is 153 Å². The first kappa shape index (κ1) is 19.5. The third-order valence-electron chi connectivity index (χ3n) is 5.34. The van der Waals surface area contributed by atoms with Gasteiger partial charge in [0.1, 0.15) is 18.0 Å². The summed E-state index contributed by atoms with van der Waals surface area (Å²) in [7, 11) is 0.